The molecule has 0 aliphatic heterocycles. The maximum Gasteiger partial charge on any atom is 0.329 e. The van der Waals surface area contributed by atoms with Crippen LogP contribution in [0.3, 0.4) is 0 Å². The molecule has 2 rings (SSSR count). The maximum atomic E-state index is 12.7. The van der Waals surface area contributed by atoms with Gasteiger partial charge in [-0.2, -0.15) is 0 Å². The first-order chi connectivity index (χ1) is 15.0. The molecule has 0 saturated heterocycles. The standard InChI is InChI=1S/C24H29NO6/c1-29-20-14-12-18(13-15-20)16-21(24(28)31-17-19-8-4-3-5-9-19)25-22(26)10-6-7-11-23(27)30-2/h3-5,8-9,12-15,21H,6-7,10-11,16-17H2,1-2H3,(H,25,26)/t21-/m0/s1. The Morgan fingerprint density at radius 3 is 2.19 bits per heavy atom. The van der Waals surface area contributed by atoms with E-state index in [1.165, 1.54) is 7.11 Å². The third-order valence-corrected chi connectivity index (χ3v) is 4.70. The van der Waals surface area contributed by atoms with E-state index in [4.69, 9.17) is 9.47 Å². The Morgan fingerprint density at radius 1 is 0.871 bits per heavy atom. The van der Waals surface area contributed by atoms with Crippen molar-refractivity contribution in [3.05, 3.63) is 65.7 Å². The van der Waals surface area contributed by atoms with Crippen LogP contribution in [-0.2, 0) is 36.9 Å². The van der Waals surface area contributed by atoms with Gasteiger partial charge in [-0.25, -0.2) is 4.79 Å². The van der Waals surface area contributed by atoms with E-state index in [1.54, 1.807) is 19.2 Å². The number of ether oxygens (including phenoxy) is 3. The topological polar surface area (TPSA) is 90.9 Å². The summed E-state index contributed by atoms with van der Waals surface area (Å²) in [6.07, 6.45) is 1.84. The molecule has 0 aromatic heterocycles. The molecule has 0 saturated carbocycles. The van der Waals surface area contributed by atoms with Gasteiger partial charge >= 0.3 is 11.9 Å². The summed E-state index contributed by atoms with van der Waals surface area (Å²) in [5.41, 5.74) is 1.74. The zero-order valence-corrected chi connectivity index (χ0v) is 18.0. The van der Waals surface area contributed by atoms with Gasteiger partial charge in [0.1, 0.15) is 18.4 Å². The summed E-state index contributed by atoms with van der Waals surface area (Å²) in [5, 5.41) is 2.77. The van der Waals surface area contributed by atoms with Crippen LogP contribution in [-0.4, -0.2) is 38.1 Å². The van der Waals surface area contributed by atoms with E-state index in [-0.39, 0.29) is 31.3 Å². The number of methoxy groups -OCH3 is 2. The minimum atomic E-state index is -0.815. The first-order valence-electron chi connectivity index (χ1n) is 10.2. The van der Waals surface area contributed by atoms with Crippen LogP contribution in [0.5, 0.6) is 5.75 Å². The Balaban J connectivity index is 1.95. The minimum Gasteiger partial charge on any atom is -0.497 e. The highest BCUT2D eigenvalue weighted by Gasteiger charge is 2.23. The van der Waals surface area contributed by atoms with Gasteiger partial charge in [0.25, 0.3) is 0 Å². The molecule has 0 aliphatic rings. The van der Waals surface area contributed by atoms with Crippen molar-refractivity contribution in [2.24, 2.45) is 0 Å². The highest BCUT2D eigenvalue weighted by Crippen LogP contribution is 2.14. The molecule has 0 spiro atoms. The summed E-state index contributed by atoms with van der Waals surface area (Å²) in [4.78, 5) is 36.3. The Kier molecular flexibility index (Phi) is 10.1. The fraction of sp³-hybridized carbons (Fsp3) is 0.375. The van der Waals surface area contributed by atoms with E-state index >= 15 is 0 Å². The minimum absolute atomic E-state index is 0.133. The zero-order chi connectivity index (χ0) is 22.5. The lowest BCUT2D eigenvalue weighted by atomic mass is 10.1. The van der Waals surface area contributed by atoms with Crippen LogP contribution in [0.4, 0.5) is 0 Å². The number of hydrogen-bond donors (Lipinski definition) is 1. The van der Waals surface area contributed by atoms with Crippen molar-refractivity contribution in [2.45, 2.75) is 44.8 Å². The molecule has 31 heavy (non-hydrogen) atoms. The summed E-state index contributed by atoms with van der Waals surface area (Å²) in [7, 11) is 2.92. The van der Waals surface area contributed by atoms with E-state index in [0.29, 0.717) is 25.0 Å². The van der Waals surface area contributed by atoms with Gasteiger partial charge in [0.05, 0.1) is 14.2 Å². The fourth-order valence-electron chi connectivity index (χ4n) is 2.94. The third-order valence-electron chi connectivity index (χ3n) is 4.70. The lowest BCUT2D eigenvalue weighted by molar-refractivity contribution is -0.149. The van der Waals surface area contributed by atoms with Gasteiger partial charge in [-0.15, -0.1) is 0 Å². The Hall–Kier alpha value is -3.35. The van der Waals surface area contributed by atoms with Gasteiger partial charge in [0.2, 0.25) is 5.91 Å². The Morgan fingerprint density at radius 2 is 1.55 bits per heavy atom. The van der Waals surface area contributed by atoms with Gasteiger partial charge < -0.3 is 19.5 Å². The van der Waals surface area contributed by atoms with Gasteiger partial charge in [-0.1, -0.05) is 42.5 Å². The number of esters is 2. The second kappa shape index (κ2) is 13.1. The van der Waals surface area contributed by atoms with Crippen LogP contribution in [0.15, 0.2) is 54.6 Å². The van der Waals surface area contributed by atoms with Crippen molar-refractivity contribution < 1.29 is 28.6 Å². The SMILES string of the molecule is COC(=O)CCCCC(=O)N[C@@H](Cc1ccc(OC)cc1)C(=O)OCc1ccccc1. The second-order valence-corrected chi connectivity index (χ2v) is 7.05. The van der Waals surface area contributed by atoms with Crippen LogP contribution < -0.4 is 10.1 Å². The van der Waals surface area contributed by atoms with Crippen molar-refractivity contribution in [3.63, 3.8) is 0 Å². The lowest BCUT2D eigenvalue weighted by Crippen LogP contribution is -2.43. The van der Waals surface area contributed by atoms with Gasteiger partial charge in [-0.05, 0) is 36.1 Å². The van der Waals surface area contributed by atoms with E-state index in [9.17, 15) is 14.4 Å². The number of rotatable bonds is 12. The van der Waals surface area contributed by atoms with E-state index < -0.39 is 12.0 Å². The number of benzene rings is 2. The molecule has 0 unspecified atom stereocenters. The monoisotopic (exact) mass is 427 g/mol. The normalized spacial score (nSPS) is 11.3. The largest absolute Gasteiger partial charge is 0.497 e. The van der Waals surface area contributed by atoms with Crippen molar-refractivity contribution in [3.8, 4) is 5.75 Å². The first kappa shape index (κ1) is 23.9. The van der Waals surface area contributed by atoms with Crippen molar-refractivity contribution in [1.29, 1.82) is 0 Å². The van der Waals surface area contributed by atoms with Crippen molar-refractivity contribution in [1.82, 2.24) is 5.32 Å². The molecule has 1 atom stereocenters. The molecule has 1 amide bonds. The molecule has 2 aromatic rings. The molecule has 1 N–H and O–H groups in total. The highest BCUT2D eigenvalue weighted by molar-refractivity contribution is 5.84. The van der Waals surface area contributed by atoms with Crippen molar-refractivity contribution >= 4 is 17.8 Å². The number of unbranched alkanes of at least 4 members (excludes halogenated alkanes) is 1. The molecule has 0 bridgehead atoms. The van der Waals surface area contributed by atoms with Crippen LogP contribution in [0.25, 0.3) is 0 Å². The summed E-state index contributed by atoms with van der Waals surface area (Å²) in [6.45, 7) is 0.133. The van der Waals surface area contributed by atoms with Crippen LogP contribution in [0.1, 0.15) is 36.8 Å². The van der Waals surface area contributed by atoms with Crippen molar-refractivity contribution in [2.75, 3.05) is 14.2 Å². The lowest BCUT2D eigenvalue weighted by Gasteiger charge is -2.18. The molecule has 0 radical (unpaired) electrons. The van der Waals surface area contributed by atoms with E-state index in [0.717, 1.165) is 11.1 Å². The molecular formula is C24H29NO6. The fourth-order valence-corrected chi connectivity index (χ4v) is 2.94. The third kappa shape index (κ3) is 8.90. The van der Waals surface area contributed by atoms with Crippen LogP contribution >= 0.6 is 0 Å². The average molecular weight is 427 g/mol. The smallest absolute Gasteiger partial charge is 0.329 e. The predicted octanol–water partition coefficient (Wildman–Crippen LogP) is 3.20. The molecular weight excluding hydrogens is 398 g/mol. The number of carbonyl (C=O) groups excluding carboxylic acids is 3. The van der Waals surface area contributed by atoms with Gasteiger partial charge in [0.15, 0.2) is 0 Å². The Bertz CT molecular complexity index is 835. The molecule has 7 heteroatoms. The molecule has 7 nitrogen and oxygen atoms in total. The second-order valence-electron chi connectivity index (χ2n) is 7.05. The van der Waals surface area contributed by atoms with Gasteiger partial charge in [-0.3, -0.25) is 9.59 Å². The number of amides is 1. The molecule has 0 fully saturated rings. The average Bonchev–Trinajstić information content (AvgIpc) is 2.80. The predicted molar refractivity (Wildman–Crippen MR) is 115 cm³/mol. The van der Waals surface area contributed by atoms with E-state index in [2.05, 4.69) is 10.1 Å². The quantitative estimate of drug-likeness (QED) is 0.413. The molecule has 166 valence electrons. The summed E-state index contributed by atoms with van der Waals surface area (Å²) < 4.78 is 15.2. The number of hydrogen-bond acceptors (Lipinski definition) is 6. The molecule has 2 aromatic carbocycles. The first-order valence-corrected chi connectivity index (χ1v) is 10.2. The summed E-state index contributed by atoms with van der Waals surface area (Å²) >= 11 is 0. The number of nitrogens with one attached hydrogen (secondary N) is 1. The molecule has 0 aliphatic carbocycles. The van der Waals surface area contributed by atoms with E-state index in [1.807, 2.05) is 42.5 Å². The van der Waals surface area contributed by atoms with Crippen LogP contribution in [0.2, 0.25) is 0 Å². The highest BCUT2D eigenvalue weighted by atomic mass is 16.5. The number of carbonyl (C=O) groups is 3. The zero-order valence-electron chi connectivity index (χ0n) is 18.0. The summed E-state index contributed by atoms with van der Waals surface area (Å²) in [6, 6.07) is 15.8. The van der Waals surface area contributed by atoms with Crippen LogP contribution in [0, 0.1) is 0 Å². The van der Waals surface area contributed by atoms with Gasteiger partial charge in [0, 0.05) is 19.3 Å². The Labute approximate surface area is 182 Å². The summed E-state index contributed by atoms with van der Waals surface area (Å²) in [5.74, 6) is -0.355. The maximum absolute atomic E-state index is 12.7. The molecule has 0 heterocycles.